The average Bonchev–Trinajstić information content (AvgIpc) is 3.32. The number of benzene rings is 2. The van der Waals surface area contributed by atoms with Crippen molar-refractivity contribution in [1.82, 2.24) is 4.57 Å². The Bertz CT molecular complexity index is 1070. The number of hydrogen-bond acceptors (Lipinski definition) is 0. The molecule has 0 radical (unpaired) electrons. The minimum atomic E-state index is 0. The number of aromatic nitrogens is 1. The maximum absolute atomic E-state index is 2.25. The van der Waals surface area contributed by atoms with Gasteiger partial charge in [0, 0.05) is 11.9 Å². The van der Waals surface area contributed by atoms with E-state index >= 15 is 0 Å². The minimum Gasteiger partial charge on any atom is -1.00 e. The van der Waals surface area contributed by atoms with Crippen LogP contribution < -0.4 is 24.8 Å². The van der Waals surface area contributed by atoms with Gasteiger partial charge in [-0.3, -0.25) is 0 Å². The third-order valence-corrected chi connectivity index (χ3v) is 4.58. The Morgan fingerprint density at radius 2 is 1.39 bits per heavy atom. The van der Waals surface area contributed by atoms with E-state index in [1.807, 2.05) is 0 Å². The van der Waals surface area contributed by atoms with Gasteiger partial charge in [-0.1, -0.05) is 12.1 Å². The van der Waals surface area contributed by atoms with Gasteiger partial charge in [-0.15, -0.1) is 70.8 Å². The minimum absolute atomic E-state index is 0. The fourth-order valence-electron chi connectivity index (χ4n) is 3.36. The van der Waals surface area contributed by atoms with Crippen LogP contribution in [0.4, 0.5) is 0 Å². The molecule has 0 bridgehead atoms. The van der Waals surface area contributed by atoms with Crippen LogP contribution in [0.5, 0.6) is 0 Å². The Morgan fingerprint density at radius 1 is 0.750 bits per heavy atom. The quantitative estimate of drug-likeness (QED) is 0.264. The van der Waals surface area contributed by atoms with Crippen molar-refractivity contribution in [2.24, 2.45) is 0 Å². The molecule has 0 saturated carbocycles. The van der Waals surface area contributed by atoms with E-state index in [0.717, 1.165) is 0 Å². The summed E-state index contributed by atoms with van der Waals surface area (Å²) in [5.74, 6) is 0. The number of halogens is 2. The summed E-state index contributed by atoms with van der Waals surface area (Å²) in [6, 6.07) is 29.8. The van der Waals surface area contributed by atoms with Crippen LogP contribution in [-0.4, -0.2) is 4.57 Å². The van der Waals surface area contributed by atoms with Crippen LogP contribution in [0.15, 0.2) is 91.1 Å². The number of rotatable bonds is 1. The molecule has 0 amide bonds. The van der Waals surface area contributed by atoms with Gasteiger partial charge in [0.05, 0.1) is 0 Å². The molecule has 28 heavy (non-hydrogen) atoms. The van der Waals surface area contributed by atoms with Crippen molar-refractivity contribution in [3.05, 3.63) is 102 Å². The van der Waals surface area contributed by atoms with E-state index in [9.17, 15) is 0 Å². The van der Waals surface area contributed by atoms with Gasteiger partial charge in [0.2, 0.25) is 0 Å². The van der Waals surface area contributed by atoms with Gasteiger partial charge < -0.3 is 29.4 Å². The molecule has 0 spiro atoms. The molecule has 1 aromatic heterocycles. The number of hydrogen-bond donors (Lipinski definition) is 0. The first-order valence-corrected chi connectivity index (χ1v) is 8.62. The van der Waals surface area contributed by atoms with E-state index in [2.05, 4.69) is 110 Å². The summed E-state index contributed by atoms with van der Waals surface area (Å²) in [5, 5.41) is 5.28. The zero-order valence-electron chi connectivity index (χ0n) is 15.9. The largest absolute Gasteiger partial charge is 4.00 e. The molecule has 0 unspecified atom stereocenters. The first-order chi connectivity index (χ1) is 12.2. The second-order valence-electron chi connectivity index (χ2n) is 6.53. The van der Waals surface area contributed by atoms with Crippen LogP contribution in [0.1, 0.15) is 11.3 Å². The van der Waals surface area contributed by atoms with E-state index in [-0.39, 0.29) is 46.5 Å². The smallest absolute Gasteiger partial charge is 1.00 e. The van der Waals surface area contributed by atoms with Gasteiger partial charge >= 0.3 is 21.7 Å². The topological polar surface area (TPSA) is 4.93 Å². The first kappa shape index (κ1) is 24.3. The van der Waals surface area contributed by atoms with Crippen molar-refractivity contribution >= 4 is 21.5 Å². The van der Waals surface area contributed by atoms with E-state index in [0.29, 0.717) is 0 Å². The Balaban J connectivity index is 0.000000284. The molecular formula is C24H21Cl2NTi. The molecule has 0 aliphatic carbocycles. The van der Waals surface area contributed by atoms with Crippen LogP contribution in [0.2, 0.25) is 0 Å². The Morgan fingerprint density at radius 3 is 2.00 bits per heavy atom. The predicted molar refractivity (Wildman–Crippen MR) is 108 cm³/mol. The summed E-state index contributed by atoms with van der Waals surface area (Å²) in [5.41, 5.74) is 3.85. The van der Waals surface area contributed by atoms with Crippen molar-refractivity contribution in [2.75, 3.05) is 0 Å². The van der Waals surface area contributed by atoms with Crippen molar-refractivity contribution in [1.29, 1.82) is 0 Å². The van der Waals surface area contributed by atoms with Crippen LogP contribution in [0.3, 0.4) is 0 Å². The number of aryl methyl sites for hydroxylation is 2. The fourth-order valence-corrected chi connectivity index (χ4v) is 3.36. The summed E-state index contributed by atoms with van der Waals surface area (Å²) < 4.78 is 2.25. The molecule has 0 aliphatic rings. The summed E-state index contributed by atoms with van der Waals surface area (Å²) in [4.78, 5) is 0. The maximum Gasteiger partial charge on any atom is 4.00 e. The molecule has 0 N–H and O–H groups in total. The zero-order valence-corrected chi connectivity index (χ0v) is 18.9. The molecule has 4 heteroatoms. The molecule has 0 aliphatic heterocycles. The van der Waals surface area contributed by atoms with Crippen molar-refractivity contribution in [3.63, 3.8) is 0 Å². The SMILES string of the molecule is Cc1cc(C)n(-c2cc3ccccc3[cH-]2)c1.[Cl-].[Cl-].[Ti+4].c1ccc2[cH-]ccc2c1. The van der Waals surface area contributed by atoms with Crippen LogP contribution in [0, 0.1) is 13.8 Å². The molecule has 4 aromatic carbocycles. The molecule has 1 heterocycles. The Labute approximate surface area is 193 Å². The summed E-state index contributed by atoms with van der Waals surface area (Å²) >= 11 is 0. The molecule has 140 valence electrons. The van der Waals surface area contributed by atoms with Gasteiger partial charge in [-0.25, -0.2) is 0 Å². The predicted octanol–water partition coefficient (Wildman–Crippen LogP) is 0.530. The third-order valence-electron chi connectivity index (χ3n) is 4.58. The van der Waals surface area contributed by atoms with Gasteiger partial charge in [0.1, 0.15) is 0 Å². The molecule has 5 rings (SSSR count). The summed E-state index contributed by atoms with van der Waals surface area (Å²) in [6.07, 6.45) is 2.18. The van der Waals surface area contributed by atoms with E-state index in [1.165, 1.54) is 38.5 Å². The zero-order chi connectivity index (χ0) is 17.2. The number of fused-ring (bicyclic) bond motifs is 2. The first-order valence-electron chi connectivity index (χ1n) is 8.62. The molecular weight excluding hydrogens is 421 g/mol. The molecule has 0 atom stereocenters. The second kappa shape index (κ2) is 10.7. The van der Waals surface area contributed by atoms with Gasteiger partial charge in [0.25, 0.3) is 0 Å². The standard InChI is InChI=1S/C15H14N.C9H7.2ClH.Ti/c1-11-7-12(2)16(10-11)15-8-13-5-3-4-6-14(13)9-15;1-2-5-9-7-3-6-8(9)4-1;;;/h3-10H,1-2H3;1-7H;2*1H;/q2*-1;;;+4/p-2. The van der Waals surface area contributed by atoms with E-state index in [4.69, 9.17) is 0 Å². The molecule has 1 nitrogen and oxygen atoms in total. The van der Waals surface area contributed by atoms with Crippen LogP contribution in [-0.2, 0) is 21.7 Å². The van der Waals surface area contributed by atoms with E-state index in [1.54, 1.807) is 0 Å². The maximum atomic E-state index is 2.25. The Kier molecular flexibility index (Phi) is 9.27. The van der Waals surface area contributed by atoms with Gasteiger partial charge in [0.15, 0.2) is 0 Å². The average molecular weight is 442 g/mol. The monoisotopic (exact) mass is 441 g/mol. The summed E-state index contributed by atoms with van der Waals surface area (Å²) in [6.45, 7) is 4.27. The van der Waals surface area contributed by atoms with Crippen molar-refractivity contribution in [2.45, 2.75) is 13.8 Å². The van der Waals surface area contributed by atoms with Gasteiger partial charge in [-0.2, -0.15) is 17.5 Å². The van der Waals surface area contributed by atoms with Gasteiger partial charge in [-0.05, 0) is 31.2 Å². The molecule has 0 saturated heterocycles. The number of nitrogens with zero attached hydrogens (tertiary/aromatic N) is 1. The molecule has 0 fully saturated rings. The van der Waals surface area contributed by atoms with Crippen LogP contribution in [0.25, 0.3) is 27.2 Å². The van der Waals surface area contributed by atoms with E-state index < -0.39 is 0 Å². The normalized spacial score (nSPS) is 9.64. The van der Waals surface area contributed by atoms with Crippen molar-refractivity contribution < 1.29 is 46.5 Å². The fraction of sp³-hybridized carbons (Fsp3) is 0.0833. The Hall–Kier alpha value is -1.77. The second-order valence-corrected chi connectivity index (χ2v) is 6.53. The molecule has 5 aromatic rings. The van der Waals surface area contributed by atoms with Crippen LogP contribution >= 0.6 is 0 Å². The van der Waals surface area contributed by atoms with Crippen molar-refractivity contribution in [3.8, 4) is 5.69 Å². The third kappa shape index (κ3) is 5.18. The summed E-state index contributed by atoms with van der Waals surface area (Å²) in [7, 11) is 0.